The average molecular weight is 444 g/mol. The predicted molar refractivity (Wildman–Crippen MR) is 118 cm³/mol. The molecule has 31 heavy (non-hydrogen) atoms. The lowest BCUT2D eigenvalue weighted by Gasteiger charge is -2.13. The number of benzene rings is 2. The second kappa shape index (κ2) is 10.4. The Labute approximate surface area is 186 Å². The van der Waals surface area contributed by atoms with Crippen molar-refractivity contribution >= 4 is 29.3 Å². The van der Waals surface area contributed by atoms with Gasteiger partial charge in [0.1, 0.15) is 5.75 Å². The number of aliphatic carboxylic acids is 1. The molecule has 2 aromatic rings. The summed E-state index contributed by atoms with van der Waals surface area (Å²) < 4.78 is 5.84. The van der Waals surface area contributed by atoms with Crippen molar-refractivity contribution < 1.29 is 24.2 Å². The molecule has 6 nitrogen and oxygen atoms in total. The van der Waals surface area contributed by atoms with Gasteiger partial charge in [-0.2, -0.15) is 0 Å². The molecule has 0 heterocycles. The number of rotatable bonds is 9. The van der Waals surface area contributed by atoms with E-state index in [1.807, 2.05) is 6.92 Å². The minimum atomic E-state index is -0.772. The van der Waals surface area contributed by atoms with E-state index in [0.29, 0.717) is 54.1 Å². The molecule has 2 atom stereocenters. The lowest BCUT2D eigenvalue weighted by molar-refractivity contribution is -0.141. The number of carboxylic acid groups (broad SMARTS) is 1. The molecule has 0 aromatic heterocycles. The minimum Gasteiger partial charge on any atom is -0.490 e. The SMILES string of the molecule is Cc1cc(C(=O)NCCCC(=O)c2ccc(O[C@@H]3CC[C@H](C(=O)O)C3)cc2)ccc1Cl. The van der Waals surface area contributed by atoms with Gasteiger partial charge < -0.3 is 15.2 Å². The van der Waals surface area contributed by atoms with E-state index >= 15 is 0 Å². The smallest absolute Gasteiger partial charge is 0.306 e. The van der Waals surface area contributed by atoms with Crippen LogP contribution in [0.5, 0.6) is 5.75 Å². The number of hydrogen-bond acceptors (Lipinski definition) is 4. The first-order valence-electron chi connectivity index (χ1n) is 10.4. The van der Waals surface area contributed by atoms with Crippen molar-refractivity contribution in [3.05, 3.63) is 64.2 Å². The van der Waals surface area contributed by atoms with Crippen molar-refractivity contribution in [3.8, 4) is 5.75 Å². The van der Waals surface area contributed by atoms with E-state index in [-0.39, 0.29) is 23.7 Å². The topological polar surface area (TPSA) is 92.7 Å². The van der Waals surface area contributed by atoms with Gasteiger partial charge in [-0.15, -0.1) is 0 Å². The largest absolute Gasteiger partial charge is 0.490 e. The average Bonchev–Trinajstić information content (AvgIpc) is 3.22. The van der Waals surface area contributed by atoms with Crippen molar-refractivity contribution in [2.24, 2.45) is 5.92 Å². The van der Waals surface area contributed by atoms with Gasteiger partial charge in [0.25, 0.3) is 5.91 Å². The fraction of sp³-hybridized carbons (Fsp3) is 0.375. The summed E-state index contributed by atoms with van der Waals surface area (Å²) in [5.74, 6) is -0.666. The van der Waals surface area contributed by atoms with E-state index in [0.717, 1.165) is 12.0 Å². The van der Waals surface area contributed by atoms with Gasteiger partial charge in [0.05, 0.1) is 12.0 Å². The highest BCUT2D eigenvalue weighted by Gasteiger charge is 2.30. The minimum absolute atomic E-state index is 0.00468. The van der Waals surface area contributed by atoms with Gasteiger partial charge >= 0.3 is 5.97 Å². The number of ketones is 1. The van der Waals surface area contributed by atoms with E-state index in [1.165, 1.54) is 0 Å². The Morgan fingerprint density at radius 2 is 1.81 bits per heavy atom. The third-order valence-corrected chi connectivity index (χ3v) is 5.92. The van der Waals surface area contributed by atoms with Gasteiger partial charge in [-0.25, -0.2) is 0 Å². The van der Waals surface area contributed by atoms with Crippen molar-refractivity contribution in [2.45, 2.75) is 45.1 Å². The number of Topliss-reactive ketones (excluding diaryl/α,β-unsaturated/α-hetero) is 1. The van der Waals surface area contributed by atoms with Crippen LogP contribution in [0.15, 0.2) is 42.5 Å². The molecule has 7 heteroatoms. The molecule has 1 fully saturated rings. The molecular formula is C24H26ClNO5. The molecule has 1 aliphatic carbocycles. The van der Waals surface area contributed by atoms with Gasteiger partial charge in [0.2, 0.25) is 0 Å². The zero-order chi connectivity index (χ0) is 22.4. The number of hydrogen-bond donors (Lipinski definition) is 2. The first-order chi connectivity index (χ1) is 14.8. The maximum Gasteiger partial charge on any atom is 0.306 e. The number of carboxylic acids is 1. The Kier molecular flexibility index (Phi) is 7.69. The summed E-state index contributed by atoms with van der Waals surface area (Å²) in [6, 6.07) is 12.0. The molecule has 2 N–H and O–H groups in total. The molecule has 1 saturated carbocycles. The lowest BCUT2D eigenvalue weighted by atomic mass is 10.1. The number of ether oxygens (including phenoxy) is 1. The highest BCUT2D eigenvalue weighted by atomic mass is 35.5. The molecule has 1 amide bonds. The number of amides is 1. The van der Waals surface area contributed by atoms with Crippen molar-refractivity contribution in [1.82, 2.24) is 5.32 Å². The van der Waals surface area contributed by atoms with Crippen LogP contribution in [-0.2, 0) is 4.79 Å². The normalized spacial score (nSPS) is 17.9. The molecular weight excluding hydrogens is 418 g/mol. The van der Waals surface area contributed by atoms with Crippen LogP contribution >= 0.6 is 11.6 Å². The molecule has 0 radical (unpaired) electrons. The highest BCUT2D eigenvalue weighted by Crippen LogP contribution is 2.29. The van der Waals surface area contributed by atoms with E-state index in [2.05, 4.69) is 5.32 Å². The van der Waals surface area contributed by atoms with E-state index in [1.54, 1.807) is 42.5 Å². The molecule has 164 valence electrons. The van der Waals surface area contributed by atoms with Crippen LogP contribution in [0.2, 0.25) is 5.02 Å². The molecule has 3 rings (SSSR count). The summed E-state index contributed by atoms with van der Waals surface area (Å²) in [5, 5.41) is 12.5. The van der Waals surface area contributed by atoms with Crippen LogP contribution in [-0.4, -0.2) is 35.4 Å². The van der Waals surface area contributed by atoms with E-state index in [4.69, 9.17) is 21.4 Å². The monoisotopic (exact) mass is 443 g/mol. The second-order valence-corrected chi connectivity index (χ2v) is 8.27. The van der Waals surface area contributed by atoms with Gasteiger partial charge in [-0.3, -0.25) is 14.4 Å². The first kappa shape index (κ1) is 22.8. The van der Waals surface area contributed by atoms with Crippen molar-refractivity contribution in [2.75, 3.05) is 6.54 Å². The van der Waals surface area contributed by atoms with Crippen LogP contribution in [0, 0.1) is 12.8 Å². The molecule has 0 spiro atoms. The Balaban J connectivity index is 1.41. The Morgan fingerprint density at radius 1 is 1.10 bits per heavy atom. The summed E-state index contributed by atoms with van der Waals surface area (Å²) in [4.78, 5) is 35.6. The van der Waals surface area contributed by atoms with Crippen LogP contribution < -0.4 is 10.1 Å². The Morgan fingerprint density at radius 3 is 2.45 bits per heavy atom. The predicted octanol–water partition coefficient (Wildman–Crippen LogP) is 4.67. The fourth-order valence-electron chi connectivity index (χ4n) is 3.67. The summed E-state index contributed by atoms with van der Waals surface area (Å²) in [7, 11) is 0. The zero-order valence-electron chi connectivity index (χ0n) is 17.4. The van der Waals surface area contributed by atoms with E-state index < -0.39 is 5.97 Å². The summed E-state index contributed by atoms with van der Waals surface area (Å²) in [5.41, 5.74) is 1.97. The number of carbonyl (C=O) groups is 3. The number of aryl methyl sites for hydroxylation is 1. The second-order valence-electron chi connectivity index (χ2n) is 7.86. The summed E-state index contributed by atoms with van der Waals surface area (Å²) in [6.07, 6.45) is 2.62. The molecule has 0 saturated heterocycles. The van der Waals surface area contributed by atoms with Crippen molar-refractivity contribution in [1.29, 1.82) is 0 Å². The fourth-order valence-corrected chi connectivity index (χ4v) is 3.78. The third kappa shape index (κ3) is 6.31. The standard InChI is InChI=1S/C24H26ClNO5/c1-15-13-17(7-11-21(15)25)23(28)26-12-2-3-22(27)16-4-8-19(9-5-16)31-20-10-6-18(14-20)24(29)30/h4-5,7-9,11,13,18,20H,2-3,6,10,12,14H2,1H3,(H,26,28)(H,29,30)/t18-,20+/m0/s1. The third-order valence-electron chi connectivity index (χ3n) is 5.50. The van der Waals surface area contributed by atoms with Gasteiger partial charge in [-0.05, 0) is 80.6 Å². The van der Waals surface area contributed by atoms with Crippen molar-refractivity contribution in [3.63, 3.8) is 0 Å². The van der Waals surface area contributed by atoms with Gasteiger partial charge in [0.15, 0.2) is 5.78 Å². The number of halogens is 1. The van der Waals surface area contributed by atoms with Crippen LogP contribution in [0.3, 0.4) is 0 Å². The zero-order valence-corrected chi connectivity index (χ0v) is 18.2. The van der Waals surface area contributed by atoms with Crippen LogP contribution in [0.1, 0.15) is 58.4 Å². The first-order valence-corrected chi connectivity index (χ1v) is 10.8. The highest BCUT2D eigenvalue weighted by molar-refractivity contribution is 6.31. The quantitative estimate of drug-likeness (QED) is 0.434. The molecule has 0 aliphatic heterocycles. The molecule has 2 aromatic carbocycles. The lowest BCUT2D eigenvalue weighted by Crippen LogP contribution is -2.25. The number of carbonyl (C=O) groups excluding carboxylic acids is 2. The van der Waals surface area contributed by atoms with Gasteiger partial charge in [0, 0.05) is 29.1 Å². The van der Waals surface area contributed by atoms with Crippen LogP contribution in [0.4, 0.5) is 0 Å². The van der Waals surface area contributed by atoms with E-state index in [9.17, 15) is 14.4 Å². The maximum atomic E-state index is 12.4. The molecule has 0 bridgehead atoms. The summed E-state index contributed by atoms with van der Waals surface area (Å²) in [6.45, 7) is 2.24. The number of nitrogens with one attached hydrogen (secondary N) is 1. The Hall–Kier alpha value is -2.86. The van der Waals surface area contributed by atoms with Crippen LogP contribution in [0.25, 0.3) is 0 Å². The molecule has 1 aliphatic rings. The summed E-state index contributed by atoms with van der Waals surface area (Å²) >= 11 is 5.98. The van der Waals surface area contributed by atoms with Gasteiger partial charge in [-0.1, -0.05) is 11.6 Å². The maximum absolute atomic E-state index is 12.4. The Bertz CT molecular complexity index is 957. The molecule has 0 unspecified atom stereocenters.